The van der Waals surface area contributed by atoms with E-state index in [4.69, 9.17) is 9.26 Å². The molecule has 2 aromatic heterocycles. The number of hydrogen-bond acceptors (Lipinski definition) is 6. The highest BCUT2D eigenvalue weighted by Crippen LogP contribution is 2.37. The van der Waals surface area contributed by atoms with Crippen molar-refractivity contribution >= 4 is 5.97 Å². The van der Waals surface area contributed by atoms with Gasteiger partial charge in [0.15, 0.2) is 0 Å². The average molecular weight is 423 g/mol. The van der Waals surface area contributed by atoms with Gasteiger partial charge in [0.05, 0.1) is 17.7 Å². The molecule has 0 spiro atoms. The normalized spacial score (nSPS) is 19.3. The van der Waals surface area contributed by atoms with E-state index in [-0.39, 0.29) is 11.8 Å². The molecule has 1 fully saturated rings. The van der Waals surface area contributed by atoms with Crippen LogP contribution in [-0.4, -0.2) is 40.7 Å². The van der Waals surface area contributed by atoms with Crippen LogP contribution < -0.4 is 0 Å². The highest BCUT2D eigenvalue weighted by Gasteiger charge is 2.44. The van der Waals surface area contributed by atoms with Gasteiger partial charge in [-0.2, -0.15) is 0 Å². The van der Waals surface area contributed by atoms with Crippen LogP contribution in [0.5, 0.6) is 0 Å². The molecule has 4 rings (SSSR count). The van der Waals surface area contributed by atoms with E-state index < -0.39 is 5.41 Å². The van der Waals surface area contributed by atoms with E-state index in [1.807, 2.05) is 25.1 Å². The second kappa shape index (κ2) is 9.39. The molecule has 6 nitrogen and oxygen atoms in total. The predicted octanol–water partition coefficient (Wildman–Crippen LogP) is 4.26. The van der Waals surface area contributed by atoms with E-state index in [0.29, 0.717) is 49.6 Å². The highest BCUT2D eigenvalue weighted by atomic mass is 19.1. The number of esters is 1. The summed E-state index contributed by atoms with van der Waals surface area (Å²) in [6.45, 7) is 4.22. The molecule has 0 bridgehead atoms. The minimum Gasteiger partial charge on any atom is -0.466 e. The summed E-state index contributed by atoms with van der Waals surface area (Å²) >= 11 is 0. The van der Waals surface area contributed by atoms with Crippen LogP contribution >= 0.6 is 0 Å². The second-order valence-electron chi connectivity index (χ2n) is 7.97. The van der Waals surface area contributed by atoms with Gasteiger partial charge in [-0.05, 0) is 50.6 Å². The van der Waals surface area contributed by atoms with Gasteiger partial charge in [-0.15, -0.1) is 0 Å². The third-order valence-corrected chi connectivity index (χ3v) is 5.70. The molecule has 31 heavy (non-hydrogen) atoms. The second-order valence-corrected chi connectivity index (χ2v) is 7.97. The minimum atomic E-state index is -0.741. The molecule has 1 atom stereocenters. The fraction of sp³-hybridized carbons (Fsp3) is 0.375. The topological polar surface area (TPSA) is 68.5 Å². The Morgan fingerprint density at radius 2 is 2.10 bits per heavy atom. The van der Waals surface area contributed by atoms with Crippen molar-refractivity contribution in [2.45, 2.75) is 32.7 Å². The van der Waals surface area contributed by atoms with E-state index in [1.165, 1.54) is 6.07 Å². The summed E-state index contributed by atoms with van der Waals surface area (Å²) < 4.78 is 25.1. The number of ether oxygens (including phenoxy) is 1. The summed E-state index contributed by atoms with van der Waals surface area (Å²) in [6, 6.07) is 14.0. The fourth-order valence-corrected chi connectivity index (χ4v) is 4.28. The van der Waals surface area contributed by atoms with Gasteiger partial charge in [-0.1, -0.05) is 23.4 Å². The first-order valence-corrected chi connectivity index (χ1v) is 10.6. The quantitative estimate of drug-likeness (QED) is 0.529. The number of nitrogens with zero attached hydrogens (tertiary/aromatic N) is 3. The van der Waals surface area contributed by atoms with Crippen molar-refractivity contribution in [3.63, 3.8) is 0 Å². The molecule has 1 aromatic carbocycles. The number of carbonyl (C=O) groups is 1. The average Bonchev–Trinajstić information content (AvgIpc) is 3.23. The molecule has 0 aliphatic carbocycles. The Kier molecular flexibility index (Phi) is 6.42. The van der Waals surface area contributed by atoms with Crippen LogP contribution in [0.15, 0.2) is 59.3 Å². The number of rotatable bonds is 7. The number of pyridine rings is 1. The van der Waals surface area contributed by atoms with Crippen molar-refractivity contribution in [1.82, 2.24) is 15.0 Å². The third-order valence-electron chi connectivity index (χ3n) is 5.70. The number of piperidine rings is 1. The maximum atomic E-state index is 14.1. The molecule has 0 amide bonds. The zero-order valence-electron chi connectivity index (χ0n) is 17.6. The molecule has 0 saturated carbocycles. The predicted molar refractivity (Wildman–Crippen MR) is 113 cm³/mol. The van der Waals surface area contributed by atoms with Crippen molar-refractivity contribution in [3.8, 4) is 11.3 Å². The molecule has 162 valence electrons. The van der Waals surface area contributed by atoms with Crippen molar-refractivity contribution in [2.24, 2.45) is 5.41 Å². The summed E-state index contributed by atoms with van der Waals surface area (Å²) in [6.07, 6.45) is 3.68. The summed E-state index contributed by atoms with van der Waals surface area (Å²) in [7, 11) is 0. The molecule has 7 heteroatoms. The summed E-state index contributed by atoms with van der Waals surface area (Å²) in [5.74, 6) is -0.0442. The number of aromatic nitrogens is 2. The Labute approximate surface area is 181 Å². The van der Waals surface area contributed by atoms with Crippen molar-refractivity contribution in [1.29, 1.82) is 0 Å². The van der Waals surface area contributed by atoms with Crippen LogP contribution in [0.2, 0.25) is 0 Å². The first kappa shape index (κ1) is 21.2. The monoisotopic (exact) mass is 423 g/mol. The lowest BCUT2D eigenvalue weighted by molar-refractivity contribution is -0.159. The lowest BCUT2D eigenvalue weighted by Gasteiger charge is -2.40. The lowest BCUT2D eigenvalue weighted by Crippen LogP contribution is -2.49. The number of hydrogen-bond donors (Lipinski definition) is 0. The van der Waals surface area contributed by atoms with Gasteiger partial charge in [-0.25, -0.2) is 4.39 Å². The molecule has 1 unspecified atom stereocenters. The third kappa shape index (κ3) is 4.82. The van der Waals surface area contributed by atoms with Crippen LogP contribution in [0.25, 0.3) is 11.3 Å². The Morgan fingerprint density at radius 1 is 1.26 bits per heavy atom. The van der Waals surface area contributed by atoms with Crippen LogP contribution in [-0.2, 0) is 22.5 Å². The van der Waals surface area contributed by atoms with Crippen molar-refractivity contribution < 1.29 is 18.4 Å². The Balaban J connectivity index is 1.56. The molecule has 1 aliphatic heterocycles. The molecule has 0 N–H and O–H groups in total. The van der Waals surface area contributed by atoms with Gasteiger partial charge in [0.25, 0.3) is 0 Å². The zero-order valence-corrected chi connectivity index (χ0v) is 17.6. The van der Waals surface area contributed by atoms with Gasteiger partial charge >= 0.3 is 5.97 Å². The van der Waals surface area contributed by atoms with Crippen molar-refractivity contribution in [2.75, 3.05) is 19.7 Å². The zero-order chi connectivity index (χ0) is 21.7. The van der Waals surface area contributed by atoms with Gasteiger partial charge in [0, 0.05) is 37.3 Å². The standard InChI is InChI=1S/C24H26FN3O3/c1-2-30-23(29)24(11-7-13-28(17-24)16-18-8-5-6-12-26-18)15-19-14-22(27-31-19)20-9-3-4-10-21(20)25/h3-6,8-10,12,14H,2,7,11,13,15-17H2,1H3. The van der Waals surface area contributed by atoms with Crippen LogP contribution in [0.4, 0.5) is 4.39 Å². The number of halogens is 1. The minimum absolute atomic E-state index is 0.232. The smallest absolute Gasteiger partial charge is 0.313 e. The van der Waals surface area contributed by atoms with E-state index in [0.717, 1.165) is 18.7 Å². The molecule has 0 radical (unpaired) electrons. The maximum absolute atomic E-state index is 14.1. The Bertz CT molecular complexity index is 1020. The first-order valence-electron chi connectivity index (χ1n) is 10.6. The van der Waals surface area contributed by atoms with E-state index in [9.17, 15) is 9.18 Å². The van der Waals surface area contributed by atoms with Gasteiger partial charge < -0.3 is 9.26 Å². The largest absolute Gasteiger partial charge is 0.466 e. The molecular formula is C24H26FN3O3. The van der Waals surface area contributed by atoms with Gasteiger partial charge in [0.2, 0.25) is 0 Å². The Hall–Kier alpha value is -3.06. The molecule has 1 aliphatic rings. The lowest BCUT2D eigenvalue weighted by atomic mass is 9.76. The Morgan fingerprint density at radius 3 is 2.87 bits per heavy atom. The van der Waals surface area contributed by atoms with E-state index in [2.05, 4.69) is 15.0 Å². The summed E-state index contributed by atoms with van der Waals surface area (Å²) in [5, 5.41) is 4.05. The number of likely N-dealkylation sites (tertiary alicyclic amines) is 1. The SMILES string of the molecule is CCOC(=O)C1(Cc2cc(-c3ccccc3F)no2)CCCN(Cc2ccccn2)C1. The van der Waals surface area contributed by atoms with Gasteiger partial charge in [-0.3, -0.25) is 14.7 Å². The fourth-order valence-electron chi connectivity index (χ4n) is 4.28. The van der Waals surface area contributed by atoms with Gasteiger partial charge in [0.1, 0.15) is 17.3 Å². The van der Waals surface area contributed by atoms with Crippen LogP contribution in [0, 0.1) is 11.2 Å². The maximum Gasteiger partial charge on any atom is 0.313 e. The molecule has 3 aromatic rings. The highest BCUT2D eigenvalue weighted by molar-refractivity contribution is 5.77. The van der Waals surface area contributed by atoms with Crippen LogP contribution in [0.3, 0.4) is 0 Å². The van der Waals surface area contributed by atoms with Crippen LogP contribution in [0.1, 0.15) is 31.2 Å². The van der Waals surface area contributed by atoms with E-state index in [1.54, 1.807) is 30.5 Å². The number of benzene rings is 1. The molecule has 1 saturated heterocycles. The molecular weight excluding hydrogens is 397 g/mol. The first-order chi connectivity index (χ1) is 15.1. The number of carbonyl (C=O) groups excluding carboxylic acids is 1. The van der Waals surface area contributed by atoms with Crippen molar-refractivity contribution in [3.05, 3.63) is 72.0 Å². The molecule has 3 heterocycles. The van der Waals surface area contributed by atoms with E-state index >= 15 is 0 Å². The summed E-state index contributed by atoms with van der Waals surface area (Å²) in [5.41, 5.74) is 1.02. The summed E-state index contributed by atoms with van der Waals surface area (Å²) in [4.78, 5) is 19.7.